The second-order valence-electron chi connectivity index (χ2n) is 6.46. The van der Waals surface area contributed by atoms with Gasteiger partial charge < -0.3 is 14.2 Å². The van der Waals surface area contributed by atoms with E-state index in [1.807, 2.05) is 45.0 Å². The van der Waals surface area contributed by atoms with Crippen LogP contribution in [0.1, 0.15) is 45.3 Å². The zero-order valence-electron chi connectivity index (χ0n) is 13.2. The lowest BCUT2D eigenvalue weighted by Crippen LogP contribution is -2.29. The number of esters is 1. The number of hydrogen-bond acceptors (Lipinski definition) is 4. The third-order valence-electron chi connectivity index (χ3n) is 3.23. The van der Waals surface area contributed by atoms with E-state index in [0.717, 1.165) is 11.3 Å². The molecule has 1 unspecified atom stereocenters. The molecule has 0 spiro atoms. The minimum absolute atomic E-state index is 0.340. The van der Waals surface area contributed by atoms with Crippen LogP contribution in [0.4, 0.5) is 0 Å². The average Bonchev–Trinajstić information content (AvgIpc) is 3.22. The van der Waals surface area contributed by atoms with Crippen molar-refractivity contribution < 1.29 is 19.0 Å². The molecule has 0 radical (unpaired) electrons. The standard InChI is InChI=1S/C17H24O4/c1-17(2,3)21-16(18)15(20-11-12-5-6-12)13-7-9-14(19-4)10-8-13/h7-10,12,15H,5-6,11H2,1-4H3. The molecule has 1 atom stereocenters. The Balaban J connectivity index is 2.10. The molecule has 0 aliphatic heterocycles. The predicted molar refractivity (Wildman–Crippen MR) is 80.3 cm³/mol. The molecular formula is C17H24O4. The Morgan fingerprint density at radius 2 is 1.86 bits per heavy atom. The monoisotopic (exact) mass is 292 g/mol. The van der Waals surface area contributed by atoms with Crippen molar-refractivity contribution in [2.45, 2.75) is 45.3 Å². The number of carbonyl (C=O) groups is 1. The smallest absolute Gasteiger partial charge is 0.340 e. The molecule has 1 aliphatic carbocycles. The van der Waals surface area contributed by atoms with Crippen LogP contribution in [-0.4, -0.2) is 25.3 Å². The molecule has 0 saturated heterocycles. The summed E-state index contributed by atoms with van der Waals surface area (Å²) < 4.78 is 16.4. The van der Waals surface area contributed by atoms with Crippen LogP contribution in [0.3, 0.4) is 0 Å². The van der Waals surface area contributed by atoms with Crippen molar-refractivity contribution in [2.75, 3.05) is 13.7 Å². The Kier molecular flexibility index (Phi) is 4.88. The highest BCUT2D eigenvalue weighted by Gasteiger charge is 2.30. The molecule has 0 bridgehead atoms. The highest BCUT2D eigenvalue weighted by atomic mass is 16.6. The highest BCUT2D eigenvalue weighted by molar-refractivity contribution is 5.77. The molecule has 0 aromatic heterocycles. The number of hydrogen-bond donors (Lipinski definition) is 0. The maximum absolute atomic E-state index is 12.4. The first-order chi connectivity index (χ1) is 9.89. The van der Waals surface area contributed by atoms with Crippen molar-refractivity contribution in [3.63, 3.8) is 0 Å². The van der Waals surface area contributed by atoms with E-state index >= 15 is 0 Å². The van der Waals surface area contributed by atoms with E-state index in [-0.39, 0.29) is 5.97 Å². The quantitative estimate of drug-likeness (QED) is 0.753. The lowest BCUT2D eigenvalue weighted by molar-refractivity contribution is -0.169. The van der Waals surface area contributed by atoms with E-state index < -0.39 is 11.7 Å². The molecular weight excluding hydrogens is 268 g/mol. The van der Waals surface area contributed by atoms with Gasteiger partial charge in [-0.2, -0.15) is 0 Å². The van der Waals surface area contributed by atoms with Crippen LogP contribution in [0.15, 0.2) is 24.3 Å². The number of ether oxygens (including phenoxy) is 3. The molecule has 0 heterocycles. The molecule has 1 fully saturated rings. The van der Waals surface area contributed by atoms with Gasteiger partial charge in [0.2, 0.25) is 0 Å². The minimum Gasteiger partial charge on any atom is -0.497 e. The summed E-state index contributed by atoms with van der Waals surface area (Å²) >= 11 is 0. The fourth-order valence-corrected chi connectivity index (χ4v) is 1.95. The van der Waals surface area contributed by atoms with Crippen LogP contribution in [0, 0.1) is 5.92 Å². The molecule has 1 aromatic carbocycles. The van der Waals surface area contributed by atoms with E-state index in [9.17, 15) is 4.79 Å². The second kappa shape index (κ2) is 6.48. The van der Waals surface area contributed by atoms with Gasteiger partial charge in [0.05, 0.1) is 13.7 Å². The van der Waals surface area contributed by atoms with Gasteiger partial charge in [-0.3, -0.25) is 0 Å². The van der Waals surface area contributed by atoms with Crippen molar-refractivity contribution in [1.29, 1.82) is 0 Å². The Bertz CT molecular complexity index is 469. The predicted octanol–water partition coefficient (Wildman–Crippen LogP) is 3.50. The van der Waals surface area contributed by atoms with Gasteiger partial charge in [-0.1, -0.05) is 12.1 Å². The lowest BCUT2D eigenvalue weighted by atomic mass is 10.1. The van der Waals surface area contributed by atoms with Gasteiger partial charge in [0.25, 0.3) is 0 Å². The maximum atomic E-state index is 12.4. The van der Waals surface area contributed by atoms with E-state index in [1.165, 1.54) is 12.8 Å². The molecule has 4 heteroatoms. The molecule has 0 amide bonds. The molecule has 1 aromatic rings. The summed E-state index contributed by atoms with van der Waals surface area (Å²) in [5.74, 6) is 1.00. The van der Waals surface area contributed by atoms with Crippen molar-refractivity contribution in [2.24, 2.45) is 5.92 Å². The molecule has 116 valence electrons. The van der Waals surface area contributed by atoms with Crippen LogP contribution in [0.2, 0.25) is 0 Å². The zero-order chi connectivity index (χ0) is 15.5. The van der Waals surface area contributed by atoms with Crippen molar-refractivity contribution >= 4 is 5.97 Å². The summed E-state index contributed by atoms with van der Waals surface area (Å²) in [5, 5.41) is 0. The number of rotatable bonds is 6. The first-order valence-electron chi connectivity index (χ1n) is 7.37. The second-order valence-corrected chi connectivity index (χ2v) is 6.46. The minimum atomic E-state index is -0.671. The topological polar surface area (TPSA) is 44.8 Å². The molecule has 21 heavy (non-hydrogen) atoms. The maximum Gasteiger partial charge on any atom is 0.340 e. The number of benzene rings is 1. The van der Waals surface area contributed by atoms with Gasteiger partial charge >= 0.3 is 5.97 Å². The van der Waals surface area contributed by atoms with Crippen LogP contribution >= 0.6 is 0 Å². The summed E-state index contributed by atoms with van der Waals surface area (Å²) in [6.45, 7) is 6.18. The third kappa shape index (κ3) is 5.05. The normalized spacial score (nSPS) is 16.4. The lowest BCUT2D eigenvalue weighted by Gasteiger charge is -2.24. The number of carbonyl (C=O) groups excluding carboxylic acids is 1. The largest absolute Gasteiger partial charge is 0.497 e. The Morgan fingerprint density at radius 1 is 1.24 bits per heavy atom. The molecule has 2 rings (SSSR count). The third-order valence-corrected chi connectivity index (χ3v) is 3.23. The Hall–Kier alpha value is -1.55. The van der Waals surface area contributed by atoms with Crippen LogP contribution in [0.5, 0.6) is 5.75 Å². The van der Waals surface area contributed by atoms with Gasteiger partial charge in [0.1, 0.15) is 11.4 Å². The summed E-state index contributed by atoms with van der Waals surface area (Å²) in [7, 11) is 1.62. The van der Waals surface area contributed by atoms with E-state index in [0.29, 0.717) is 12.5 Å². The fraction of sp³-hybridized carbons (Fsp3) is 0.588. The van der Waals surface area contributed by atoms with Crippen LogP contribution in [0.25, 0.3) is 0 Å². The molecule has 1 saturated carbocycles. The van der Waals surface area contributed by atoms with E-state index in [1.54, 1.807) is 7.11 Å². The summed E-state index contributed by atoms with van der Waals surface area (Å²) in [4.78, 5) is 12.4. The Morgan fingerprint density at radius 3 is 2.33 bits per heavy atom. The first kappa shape index (κ1) is 15.8. The molecule has 1 aliphatic rings. The van der Waals surface area contributed by atoms with Gasteiger partial charge in [0, 0.05) is 0 Å². The van der Waals surface area contributed by atoms with E-state index in [2.05, 4.69) is 0 Å². The Labute approximate surface area is 126 Å². The first-order valence-corrected chi connectivity index (χ1v) is 7.37. The zero-order valence-corrected chi connectivity index (χ0v) is 13.2. The SMILES string of the molecule is COc1ccc(C(OCC2CC2)C(=O)OC(C)(C)C)cc1. The molecule has 4 nitrogen and oxygen atoms in total. The van der Waals surface area contributed by atoms with Gasteiger partial charge in [-0.25, -0.2) is 4.79 Å². The van der Waals surface area contributed by atoms with Gasteiger partial charge in [0.15, 0.2) is 6.10 Å². The van der Waals surface area contributed by atoms with Crippen molar-refractivity contribution in [3.05, 3.63) is 29.8 Å². The summed E-state index contributed by atoms with van der Waals surface area (Å²) in [6.07, 6.45) is 1.70. The average molecular weight is 292 g/mol. The van der Waals surface area contributed by atoms with Gasteiger partial charge in [-0.05, 0) is 57.2 Å². The molecule has 0 N–H and O–H groups in total. The summed E-state index contributed by atoms with van der Waals surface area (Å²) in [5.41, 5.74) is 0.274. The summed E-state index contributed by atoms with van der Waals surface area (Å²) in [6, 6.07) is 7.35. The van der Waals surface area contributed by atoms with Crippen molar-refractivity contribution in [1.82, 2.24) is 0 Å². The highest BCUT2D eigenvalue weighted by Crippen LogP contribution is 2.32. The number of methoxy groups -OCH3 is 1. The fourth-order valence-electron chi connectivity index (χ4n) is 1.95. The van der Waals surface area contributed by atoms with E-state index in [4.69, 9.17) is 14.2 Å². The van der Waals surface area contributed by atoms with Crippen LogP contribution in [-0.2, 0) is 14.3 Å². The van der Waals surface area contributed by atoms with Crippen LogP contribution < -0.4 is 4.74 Å². The van der Waals surface area contributed by atoms with Gasteiger partial charge in [-0.15, -0.1) is 0 Å². The van der Waals surface area contributed by atoms with Crippen molar-refractivity contribution in [3.8, 4) is 5.75 Å².